The Morgan fingerprint density at radius 2 is 1.91 bits per heavy atom. The summed E-state index contributed by atoms with van der Waals surface area (Å²) in [6, 6.07) is 2.73. The molecule has 0 saturated heterocycles. The number of ketones is 2. The van der Waals surface area contributed by atoms with Crippen molar-refractivity contribution in [1.82, 2.24) is 0 Å². The number of carbonyl (C=O) groups excluding carboxylic acids is 2. The Morgan fingerprint density at radius 3 is 2.55 bits per heavy atom. The van der Waals surface area contributed by atoms with E-state index in [1.165, 1.54) is 26.2 Å². The molecule has 0 heterocycles. The van der Waals surface area contributed by atoms with Crippen LogP contribution in [0.15, 0.2) is 12.1 Å². The van der Waals surface area contributed by atoms with Crippen molar-refractivity contribution < 1.29 is 29.6 Å². The van der Waals surface area contributed by atoms with Gasteiger partial charge in [-0.3, -0.25) is 9.59 Å². The Kier molecular flexibility index (Phi) is 3.27. The van der Waals surface area contributed by atoms with E-state index in [1.807, 2.05) is 0 Å². The third-order valence-electron chi connectivity index (χ3n) is 4.83. The number of rotatable bonds is 1. The van der Waals surface area contributed by atoms with Crippen molar-refractivity contribution in [2.75, 3.05) is 7.11 Å². The molecule has 3 rings (SSSR count). The summed E-state index contributed by atoms with van der Waals surface area (Å²) in [5, 5.41) is 30.2. The van der Waals surface area contributed by atoms with Crippen LogP contribution in [-0.2, 0) is 0 Å². The molecule has 1 fully saturated rings. The Balaban J connectivity index is 2.12. The van der Waals surface area contributed by atoms with Crippen LogP contribution in [0.3, 0.4) is 0 Å². The highest BCUT2D eigenvalue weighted by Gasteiger charge is 2.52. The summed E-state index contributed by atoms with van der Waals surface area (Å²) in [7, 11) is 1.40. The molecule has 1 aromatic rings. The summed E-state index contributed by atoms with van der Waals surface area (Å²) in [5.74, 6) is -2.08. The second-order valence-corrected chi connectivity index (χ2v) is 6.32. The monoisotopic (exact) mass is 306 g/mol. The smallest absolute Gasteiger partial charge is 0.171 e. The molecular formula is C16H18O6. The minimum atomic E-state index is -1.41. The van der Waals surface area contributed by atoms with Gasteiger partial charge in [-0.15, -0.1) is 0 Å². The van der Waals surface area contributed by atoms with Gasteiger partial charge in [0, 0.05) is 23.5 Å². The van der Waals surface area contributed by atoms with Crippen LogP contribution in [-0.4, -0.2) is 45.7 Å². The van der Waals surface area contributed by atoms with Gasteiger partial charge in [0.2, 0.25) is 0 Å². The third-order valence-corrected chi connectivity index (χ3v) is 4.83. The first kappa shape index (κ1) is 15.0. The Hall–Kier alpha value is -1.92. The van der Waals surface area contributed by atoms with E-state index in [9.17, 15) is 24.9 Å². The Bertz CT molecular complexity index is 663. The van der Waals surface area contributed by atoms with Crippen molar-refractivity contribution >= 4 is 11.6 Å². The summed E-state index contributed by atoms with van der Waals surface area (Å²) < 4.78 is 5.03. The molecule has 0 radical (unpaired) electrons. The second kappa shape index (κ2) is 4.79. The lowest BCUT2D eigenvalue weighted by atomic mass is 9.62. The Labute approximate surface area is 127 Å². The molecule has 1 aromatic carbocycles. The second-order valence-electron chi connectivity index (χ2n) is 6.32. The SMILES string of the molecule is COc1cc(O)c2c(c1)C(=O)C1CC(C)(O)C(O)CC1C2=O. The summed E-state index contributed by atoms with van der Waals surface area (Å²) in [6.45, 7) is 1.46. The van der Waals surface area contributed by atoms with E-state index in [4.69, 9.17) is 4.74 Å². The minimum absolute atomic E-state index is 0.00709. The maximum Gasteiger partial charge on any atom is 0.171 e. The van der Waals surface area contributed by atoms with E-state index in [0.717, 1.165) is 0 Å². The van der Waals surface area contributed by atoms with Crippen LogP contribution >= 0.6 is 0 Å². The highest BCUT2D eigenvalue weighted by molar-refractivity contribution is 6.17. The van der Waals surface area contributed by atoms with E-state index < -0.39 is 23.5 Å². The van der Waals surface area contributed by atoms with Crippen molar-refractivity contribution in [3.05, 3.63) is 23.3 Å². The van der Waals surface area contributed by atoms with Crippen molar-refractivity contribution in [1.29, 1.82) is 0 Å². The molecule has 2 aliphatic carbocycles. The molecule has 4 unspecified atom stereocenters. The van der Waals surface area contributed by atoms with Crippen LogP contribution in [0.5, 0.6) is 11.5 Å². The first-order valence-corrected chi connectivity index (χ1v) is 7.16. The van der Waals surface area contributed by atoms with Gasteiger partial charge in [-0.2, -0.15) is 0 Å². The predicted octanol–water partition coefficient (Wildman–Crippen LogP) is 0.918. The molecule has 22 heavy (non-hydrogen) atoms. The first-order chi connectivity index (χ1) is 10.3. The van der Waals surface area contributed by atoms with Crippen LogP contribution < -0.4 is 4.74 Å². The number of phenolic OH excluding ortho intramolecular Hbond substituents is 1. The number of Topliss-reactive ketones (excluding diaryl/α,β-unsaturated/α-hetero) is 2. The van der Waals surface area contributed by atoms with Gasteiger partial charge in [0.05, 0.1) is 24.4 Å². The van der Waals surface area contributed by atoms with E-state index in [1.54, 1.807) is 0 Å². The quantitative estimate of drug-likeness (QED) is 0.712. The maximum absolute atomic E-state index is 12.7. The summed E-state index contributed by atoms with van der Waals surface area (Å²) in [6.07, 6.45) is -1.05. The fourth-order valence-corrected chi connectivity index (χ4v) is 3.50. The van der Waals surface area contributed by atoms with Gasteiger partial charge in [-0.05, 0) is 25.8 Å². The van der Waals surface area contributed by atoms with Crippen LogP contribution in [0.1, 0.15) is 40.5 Å². The largest absolute Gasteiger partial charge is 0.507 e. The lowest BCUT2D eigenvalue weighted by Gasteiger charge is -2.43. The van der Waals surface area contributed by atoms with Crippen LogP contribution in [0.25, 0.3) is 0 Å². The first-order valence-electron chi connectivity index (χ1n) is 7.16. The van der Waals surface area contributed by atoms with Gasteiger partial charge in [-0.1, -0.05) is 0 Å². The molecule has 0 bridgehead atoms. The van der Waals surface area contributed by atoms with Crippen molar-refractivity contribution in [2.24, 2.45) is 11.8 Å². The molecular weight excluding hydrogens is 288 g/mol. The van der Waals surface area contributed by atoms with Crippen LogP contribution in [0, 0.1) is 11.8 Å². The van der Waals surface area contributed by atoms with E-state index in [0.29, 0.717) is 5.75 Å². The molecule has 6 heteroatoms. The normalized spacial score (nSPS) is 34.1. The number of ether oxygens (including phenoxy) is 1. The predicted molar refractivity (Wildman–Crippen MR) is 76.2 cm³/mol. The Morgan fingerprint density at radius 1 is 1.23 bits per heavy atom. The molecule has 6 nitrogen and oxygen atoms in total. The van der Waals surface area contributed by atoms with E-state index in [2.05, 4.69) is 0 Å². The van der Waals surface area contributed by atoms with E-state index >= 15 is 0 Å². The fraction of sp³-hybridized carbons (Fsp3) is 0.500. The average Bonchev–Trinajstić information content (AvgIpc) is 2.46. The number of benzene rings is 1. The number of aliphatic hydroxyl groups is 2. The number of fused-ring (bicyclic) bond motifs is 2. The average molecular weight is 306 g/mol. The van der Waals surface area contributed by atoms with Crippen molar-refractivity contribution in [3.8, 4) is 11.5 Å². The molecule has 118 valence electrons. The summed E-state index contributed by atoms with van der Waals surface area (Å²) >= 11 is 0. The number of hydrogen-bond donors (Lipinski definition) is 3. The standard InChI is InChI=1S/C16H18O6/c1-16(21)6-10-8(5-12(16)18)15(20)13-9(14(10)19)3-7(22-2)4-11(13)17/h3-4,8,10,12,17-18,21H,5-6H2,1-2H3. The minimum Gasteiger partial charge on any atom is -0.507 e. The topological polar surface area (TPSA) is 104 Å². The summed E-state index contributed by atoms with van der Waals surface area (Å²) in [5.41, 5.74) is -1.30. The van der Waals surface area contributed by atoms with Gasteiger partial charge in [0.15, 0.2) is 11.6 Å². The zero-order valence-electron chi connectivity index (χ0n) is 12.4. The molecule has 4 atom stereocenters. The number of phenols is 1. The van der Waals surface area contributed by atoms with E-state index in [-0.39, 0.29) is 41.3 Å². The highest BCUT2D eigenvalue weighted by atomic mass is 16.5. The molecule has 1 saturated carbocycles. The van der Waals surface area contributed by atoms with Gasteiger partial charge < -0.3 is 20.1 Å². The maximum atomic E-state index is 12.7. The number of hydrogen-bond acceptors (Lipinski definition) is 6. The van der Waals surface area contributed by atoms with Gasteiger partial charge in [0.25, 0.3) is 0 Å². The van der Waals surface area contributed by atoms with Gasteiger partial charge in [0.1, 0.15) is 11.5 Å². The lowest BCUT2D eigenvalue weighted by molar-refractivity contribution is -0.107. The number of methoxy groups -OCH3 is 1. The molecule has 0 aliphatic heterocycles. The molecule has 0 spiro atoms. The van der Waals surface area contributed by atoms with Gasteiger partial charge >= 0.3 is 0 Å². The molecule has 0 amide bonds. The van der Waals surface area contributed by atoms with Gasteiger partial charge in [-0.25, -0.2) is 0 Å². The number of carbonyl (C=O) groups is 2. The third kappa shape index (κ3) is 2.02. The fourth-order valence-electron chi connectivity index (χ4n) is 3.50. The number of aliphatic hydroxyl groups excluding tert-OH is 1. The highest BCUT2D eigenvalue weighted by Crippen LogP contribution is 2.46. The van der Waals surface area contributed by atoms with Crippen LogP contribution in [0.2, 0.25) is 0 Å². The zero-order chi connectivity index (χ0) is 16.2. The number of aromatic hydroxyl groups is 1. The zero-order valence-corrected chi connectivity index (χ0v) is 12.4. The molecule has 3 N–H and O–H groups in total. The molecule has 0 aromatic heterocycles. The van der Waals surface area contributed by atoms with Crippen molar-refractivity contribution in [3.63, 3.8) is 0 Å². The summed E-state index contributed by atoms with van der Waals surface area (Å²) in [4.78, 5) is 25.3. The lowest BCUT2D eigenvalue weighted by Crippen LogP contribution is -2.53. The molecule has 2 aliphatic rings. The van der Waals surface area contributed by atoms with Crippen LogP contribution in [0.4, 0.5) is 0 Å². The van der Waals surface area contributed by atoms with Crippen molar-refractivity contribution in [2.45, 2.75) is 31.5 Å².